The molecule has 0 spiro atoms. The zero-order valence-corrected chi connectivity index (χ0v) is 20.5. The van der Waals surface area contributed by atoms with Crippen LogP contribution in [0.25, 0.3) is 11.6 Å². The largest absolute Gasteiger partial charge is 0.492 e. The van der Waals surface area contributed by atoms with Crippen molar-refractivity contribution in [1.29, 1.82) is 5.26 Å². The van der Waals surface area contributed by atoms with Crippen molar-refractivity contribution in [3.05, 3.63) is 95.1 Å². The smallest absolute Gasteiger partial charge is 0.119 e. The van der Waals surface area contributed by atoms with E-state index >= 15 is 0 Å². The normalized spacial score (nSPS) is 11.5. The first kappa shape index (κ1) is 25.0. The van der Waals surface area contributed by atoms with E-state index in [0.29, 0.717) is 18.8 Å². The number of hydrogen-bond donors (Lipinski definition) is 0. The van der Waals surface area contributed by atoms with Crippen molar-refractivity contribution in [1.82, 2.24) is 9.80 Å². The highest BCUT2D eigenvalue weighted by atomic mass is 16.5. The molecular formula is C29H33N3O2. The van der Waals surface area contributed by atoms with Crippen LogP contribution >= 0.6 is 0 Å². The first-order valence-corrected chi connectivity index (χ1v) is 11.4. The van der Waals surface area contributed by atoms with Gasteiger partial charge in [0.2, 0.25) is 0 Å². The molecule has 0 N–H and O–H groups in total. The molecule has 3 rings (SSSR count). The van der Waals surface area contributed by atoms with Crippen molar-refractivity contribution in [2.45, 2.75) is 0 Å². The number of nitrogens with zero attached hydrogens (tertiary/aromatic N) is 3. The highest BCUT2D eigenvalue weighted by Gasteiger charge is 2.09. The van der Waals surface area contributed by atoms with Gasteiger partial charge in [-0.2, -0.15) is 5.26 Å². The van der Waals surface area contributed by atoms with Gasteiger partial charge in [0.25, 0.3) is 0 Å². The van der Waals surface area contributed by atoms with Gasteiger partial charge in [0.1, 0.15) is 24.7 Å². The van der Waals surface area contributed by atoms with Crippen LogP contribution in [0, 0.1) is 11.3 Å². The lowest BCUT2D eigenvalue weighted by Gasteiger charge is -2.14. The first-order chi connectivity index (χ1) is 16.4. The maximum absolute atomic E-state index is 9.21. The van der Waals surface area contributed by atoms with E-state index < -0.39 is 0 Å². The second kappa shape index (κ2) is 12.6. The van der Waals surface area contributed by atoms with Crippen LogP contribution in [0.2, 0.25) is 0 Å². The molecule has 5 nitrogen and oxygen atoms in total. The van der Waals surface area contributed by atoms with E-state index in [4.69, 9.17) is 9.47 Å². The molecule has 34 heavy (non-hydrogen) atoms. The fourth-order valence-corrected chi connectivity index (χ4v) is 3.36. The van der Waals surface area contributed by atoms with Gasteiger partial charge in [0.05, 0.1) is 11.6 Å². The number of rotatable bonds is 11. The summed E-state index contributed by atoms with van der Waals surface area (Å²) in [5, 5.41) is 9.21. The van der Waals surface area contributed by atoms with Crippen molar-refractivity contribution >= 4 is 11.6 Å². The van der Waals surface area contributed by atoms with Gasteiger partial charge in [0, 0.05) is 13.1 Å². The third-order valence-corrected chi connectivity index (χ3v) is 5.25. The van der Waals surface area contributed by atoms with Gasteiger partial charge >= 0.3 is 0 Å². The van der Waals surface area contributed by atoms with Gasteiger partial charge in [-0.15, -0.1) is 0 Å². The second-order valence-corrected chi connectivity index (χ2v) is 8.65. The molecule has 0 atom stereocenters. The van der Waals surface area contributed by atoms with E-state index in [-0.39, 0.29) is 0 Å². The lowest BCUT2D eigenvalue weighted by atomic mass is 9.95. The Labute approximate surface area is 203 Å². The lowest BCUT2D eigenvalue weighted by molar-refractivity contribution is 0.261. The van der Waals surface area contributed by atoms with E-state index in [0.717, 1.165) is 46.9 Å². The van der Waals surface area contributed by atoms with Crippen LogP contribution in [0.5, 0.6) is 11.5 Å². The molecule has 0 aliphatic carbocycles. The van der Waals surface area contributed by atoms with Gasteiger partial charge < -0.3 is 19.3 Å². The number of nitriles is 1. The maximum Gasteiger partial charge on any atom is 0.119 e. The van der Waals surface area contributed by atoms with Crippen molar-refractivity contribution in [2.75, 3.05) is 54.5 Å². The van der Waals surface area contributed by atoms with Crippen LogP contribution in [0.1, 0.15) is 22.3 Å². The summed E-state index contributed by atoms with van der Waals surface area (Å²) in [5.74, 6) is 1.68. The zero-order valence-electron chi connectivity index (χ0n) is 20.5. The van der Waals surface area contributed by atoms with E-state index in [1.165, 1.54) is 0 Å². The van der Waals surface area contributed by atoms with E-state index in [1.807, 2.05) is 76.7 Å². The van der Waals surface area contributed by atoms with Crippen LogP contribution in [0.15, 0.2) is 72.8 Å². The minimum Gasteiger partial charge on any atom is -0.492 e. The van der Waals surface area contributed by atoms with Gasteiger partial charge in [-0.05, 0) is 92.9 Å². The Hall–Kier alpha value is -3.59. The summed E-state index contributed by atoms with van der Waals surface area (Å²) in [6.45, 7) is 2.97. The van der Waals surface area contributed by atoms with E-state index in [1.54, 1.807) is 0 Å². The summed E-state index contributed by atoms with van der Waals surface area (Å²) in [6, 6.07) is 26.1. The van der Waals surface area contributed by atoms with E-state index in [2.05, 4.69) is 46.2 Å². The molecule has 0 saturated heterocycles. The van der Waals surface area contributed by atoms with Gasteiger partial charge in [0.15, 0.2) is 0 Å². The van der Waals surface area contributed by atoms with Crippen molar-refractivity contribution in [3.8, 4) is 17.6 Å². The predicted molar refractivity (Wildman–Crippen MR) is 139 cm³/mol. The maximum atomic E-state index is 9.21. The van der Waals surface area contributed by atoms with E-state index in [9.17, 15) is 5.26 Å². The third kappa shape index (κ3) is 7.77. The first-order valence-electron chi connectivity index (χ1n) is 11.4. The number of ether oxygens (including phenoxy) is 2. The molecule has 3 aromatic carbocycles. The molecule has 3 aromatic rings. The predicted octanol–water partition coefficient (Wildman–Crippen LogP) is 5.03. The molecular weight excluding hydrogens is 422 g/mol. The van der Waals surface area contributed by atoms with Crippen molar-refractivity contribution < 1.29 is 9.47 Å². The second-order valence-electron chi connectivity index (χ2n) is 8.65. The van der Waals surface area contributed by atoms with Crippen molar-refractivity contribution in [2.24, 2.45) is 0 Å². The summed E-state index contributed by atoms with van der Waals surface area (Å²) >= 11 is 0. The molecule has 5 heteroatoms. The summed E-state index contributed by atoms with van der Waals surface area (Å²) in [5.41, 5.74) is 4.81. The topological polar surface area (TPSA) is 48.7 Å². The Bertz CT molecular complexity index is 1130. The summed E-state index contributed by atoms with van der Waals surface area (Å²) in [7, 11) is 8.13. The molecule has 176 valence electrons. The Morgan fingerprint density at radius 1 is 0.765 bits per heavy atom. The van der Waals surface area contributed by atoms with Crippen LogP contribution in [0.3, 0.4) is 0 Å². The quantitative estimate of drug-likeness (QED) is 0.380. The SMILES string of the molecule is CN(C)CCOc1cccc(/C=C(/c2ccc(C#N)cc2)c2cccc(OCCN(C)C)c2)c1. The molecule has 0 radical (unpaired) electrons. The molecule has 0 bridgehead atoms. The molecule has 0 fully saturated rings. The van der Waals surface area contributed by atoms with Crippen LogP contribution in [0.4, 0.5) is 0 Å². The number of hydrogen-bond acceptors (Lipinski definition) is 5. The van der Waals surface area contributed by atoms with Gasteiger partial charge in [-0.3, -0.25) is 0 Å². The molecule has 0 heterocycles. The molecule has 0 unspecified atom stereocenters. The molecule has 0 aliphatic rings. The third-order valence-electron chi connectivity index (χ3n) is 5.25. The van der Waals surface area contributed by atoms with Crippen molar-refractivity contribution in [3.63, 3.8) is 0 Å². The number of benzene rings is 3. The summed E-state index contributed by atoms with van der Waals surface area (Å²) < 4.78 is 11.9. The van der Waals surface area contributed by atoms with Gasteiger partial charge in [-0.1, -0.05) is 36.4 Å². The average molecular weight is 456 g/mol. The molecule has 0 aliphatic heterocycles. The Morgan fingerprint density at radius 2 is 1.35 bits per heavy atom. The van der Waals surface area contributed by atoms with Crippen LogP contribution < -0.4 is 9.47 Å². The Morgan fingerprint density at radius 3 is 1.94 bits per heavy atom. The standard InChI is InChI=1S/C29H33N3O2/c1-31(2)15-17-33-27-9-5-7-24(19-27)20-29(25-13-11-23(22-30)12-14-25)26-8-6-10-28(21-26)34-18-16-32(3)4/h5-14,19-21H,15-18H2,1-4H3/b29-20-. The minimum atomic E-state index is 0.624. The molecule has 0 saturated carbocycles. The van der Waals surface area contributed by atoms with Crippen LogP contribution in [-0.2, 0) is 0 Å². The average Bonchev–Trinajstić information content (AvgIpc) is 2.83. The minimum absolute atomic E-state index is 0.624. The summed E-state index contributed by atoms with van der Waals surface area (Å²) in [6.07, 6.45) is 2.15. The fraction of sp³-hybridized carbons (Fsp3) is 0.276. The molecule has 0 aromatic heterocycles. The van der Waals surface area contributed by atoms with Gasteiger partial charge in [-0.25, -0.2) is 0 Å². The number of likely N-dealkylation sites (N-methyl/N-ethyl adjacent to an activating group) is 2. The zero-order chi connectivity index (χ0) is 24.3. The highest BCUT2D eigenvalue weighted by molar-refractivity contribution is 5.92. The van der Waals surface area contributed by atoms with Crippen LogP contribution in [-0.4, -0.2) is 64.3 Å². The monoisotopic (exact) mass is 455 g/mol. The Kier molecular flexibility index (Phi) is 9.28. The molecule has 0 amide bonds. The highest BCUT2D eigenvalue weighted by Crippen LogP contribution is 2.30. The summed E-state index contributed by atoms with van der Waals surface area (Å²) in [4.78, 5) is 4.19. The lowest BCUT2D eigenvalue weighted by Crippen LogP contribution is -2.19. The Balaban J connectivity index is 1.94. The fourth-order valence-electron chi connectivity index (χ4n) is 3.36.